The molecule has 0 spiro atoms. The first-order valence-electron chi connectivity index (χ1n) is 8.26. The number of aryl methyl sites for hydroxylation is 1. The van der Waals surface area contributed by atoms with E-state index in [1.54, 1.807) is 36.4 Å². The van der Waals surface area contributed by atoms with Crippen molar-refractivity contribution in [3.8, 4) is 5.75 Å². The summed E-state index contributed by atoms with van der Waals surface area (Å²) in [5.74, 6) is -0.451. The van der Waals surface area contributed by atoms with E-state index in [2.05, 4.69) is 5.32 Å². The average molecular weight is 435 g/mol. The Morgan fingerprint density at radius 3 is 2.17 bits per heavy atom. The number of aromatic hydroxyl groups is 1. The second kappa shape index (κ2) is 9.42. The van der Waals surface area contributed by atoms with Crippen LogP contribution in [0.2, 0.25) is 5.02 Å². The lowest BCUT2D eigenvalue weighted by Gasteiger charge is -2.09. The number of nitrogens with one attached hydrogen (secondary N) is 1. The molecule has 0 saturated carbocycles. The summed E-state index contributed by atoms with van der Waals surface area (Å²) in [5.41, 5.74) is 7.45. The molecule has 0 aliphatic heterocycles. The van der Waals surface area contributed by atoms with Gasteiger partial charge in [0.25, 0.3) is 16.0 Å². The lowest BCUT2D eigenvalue weighted by Crippen LogP contribution is -2.11. The zero-order chi connectivity index (χ0) is 21.6. The number of phenols is 1. The van der Waals surface area contributed by atoms with Crippen LogP contribution in [-0.4, -0.2) is 24.0 Å². The summed E-state index contributed by atoms with van der Waals surface area (Å²) in [5, 5.41) is 12.5. The van der Waals surface area contributed by atoms with Crippen LogP contribution in [0.3, 0.4) is 0 Å². The van der Waals surface area contributed by atoms with Gasteiger partial charge in [-0.15, -0.1) is 0 Å². The van der Waals surface area contributed by atoms with Crippen LogP contribution in [0, 0.1) is 6.92 Å². The van der Waals surface area contributed by atoms with Crippen molar-refractivity contribution in [2.24, 2.45) is 0 Å². The molecule has 3 rings (SSSR count). The largest absolute Gasteiger partial charge is 0.506 e. The molecule has 0 aromatic heterocycles. The molecule has 0 aliphatic carbocycles. The number of rotatable bonds is 3. The number of carbonyl (C=O) groups excluding carboxylic acids is 1. The van der Waals surface area contributed by atoms with Crippen LogP contribution in [-0.2, 0) is 10.1 Å². The molecule has 0 heterocycles. The van der Waals surface area contributed by atoms with Gasteiger partial charge in [0, 0.05) is 11.6 Å². The number of nitrogens with two attached hydrogens (primary N) is 1. The first kappa shape index (κ1) is 22.2. The van der Waals surface area contributed by atoms with E-state index < -0.39 is 10.1 Å². The highest BCUT2D eigenvalue weighted by Crippen LogP contribution is 2.32. The van der Waals surface area contributed by atoms with E-state index >= 15 is 0 Å². The molecule has 29 heavy (non-hydrogen) atoms. The molecular weight excluding hydrogens is 416 g/mol. The molecule has 0 atom stereocenters. The SMILES string of the molecule is Cc1ccc(S(=O)(=O)O)cc1.Nc1cc(O)c(NC(=O)c2ccccc2)cc1Cl. The fourth-order valence-electron chi connectivity index (χ4n) is 2.17. The Morgan fingerprint density at radius 1 is 1.03 bits per heavy atom. The number of benzene rings is 3. The Balaban J connectivity index is 0.000000234. The van der Waals surface area contributed by atoms with Crippen LogP contribution < -0.4 is 11.1 Å². The summed E-state index contributed by atoms with van der Waals surface area (Å²) < 4.78 is 29.6. The number of phenolic OH excluding ortho intramolecular Hbond substituents is 1. The van der Waals surface area contributed by atoms with Gasteiger partial charge >= 0.3 is 0 Å². The van der Waals surface area contributed by atoms with E-state index in [0.717, 1.165) is 5.56 Å². The summed E-state index contributed by atoms with van der Waals surface area (Å²) in [7, 11) is -4.02. The first-order valence-corrected chi connectivity index (χ1v) is 10.1. The standard InChI is InChI=1S/C13H11ClN2O2.C7H8O3S/c14-9-6-11(12(17)7-10(9)15)16-13(18)8-4-2-1-3-5-8;1-6-2-4-7(5-3-6)11(8,9)10/h1-7,17H,15H2,(H,16,18);2-5H,1H3,(H,8,9,10). The fourth-order valence-corrected chi connectivity index (χ4v) is 2.82. The van der Waals surface area contributed by atoms with E-state index in [4.69, 9.17) is 21.9 Å². The van der Waals surface area contributed by atoms with Crippen molar-refractivity contribution in [3.63, 3.8) is 0 Å². The van der Waals surface area contributed by atoms with Gasteiger partial charge in [-0.2, -0.15) is 8.42 Å². The van der Waals surface area contributed by atoms with Gasteiger partial charge < -0.3 is 16.2 Å². The highest BCUT2D eigenvalue weighted by Gasteiger charge is 2.10. The van der Waals surface area contributed by atoms with Crippen LogP contribution >= 0.6 is 11.6 Å². The molecule has 9 heteroatoms. The smallest absolute Gasteiger partial charge is 0.294 e. The minimum atomic E-state index is -4.02. The van der Waals surface area contributed by atoms with E-state index in [9.17, 15) is 18.3 Å². The first-order chi connectivity index (χ1) is 13.6. The summed E-state index contributed by atoms with van der Waals surface area (Å²) in [6.45, 7) is 1.84. The molecule has 0 aliphatic rings. The van der Waals surface area contributed by atoms with Gasteiger partial charge in [0.2, 0.25) is 0 Å². The summed E-state index contributed by atoms with van der Waals surface area (Å²) in [4.78, 5) is 11.8. The van der Waals surface area contributed by atoms with Gasteiger partial charge in [-0.3, -0.25) is 9.35 Å². The molecule has 0 saturated heterocycles. The van der Waals surface area contributed by atoms with E-state index in [1.807, 2.05) is 13.0 Å². The van der Waals surface area contributed by atoms with Gasteiger partial charge in [0.1, 0.15) is 5.75 Å². The topological polar surface area (TPSA) is 130 Å². The number of nitrogen functional groups attached to an aromatic ring is 1. The monoisotopic (exact) mass is 434 g/mol. The number of anilines is 2. The van der Waals surface area contributed by atoms with Crippen LogP contribution in [0.15, 0.2) is 71.6 Å². The van der Waals surface area contributed by atoms with Crippen molar-refractivity contribution >= 4 is 39.0 Å². The van der Waals surface area contributed by atoms with E-state index in [0.29, 0.717) is 5.56 Å². The third-order valence-corrected chi connectivity index (χ3v) is 4.91. The van der Waals surface area contributed by atoms with Crippen LogP contribution in [0.5, 0.6) is 5.75 Å². The van der Waals surface area contributed by atoms with E-state index in [-0.39, 0.29) is 32.9 Å². The van der Waals surface area contributed by atoms with Crippen LogP contribution in [0.4, 0.5) is 11.4 Å². The summed E-state index contributed by atoms with van der Waals surface area (Å²) in [6, 6.07) is 17.4. The maximum absolute atomic E-state index is 11.9. The zero-order valence-electron chi connectivity index (χ0n) is 15.3. The minimum absolute atomic E-state index is 0.0666. The van der Waals surface area contributed by atoms with Crippen LogP contribution in [0.25, 0.3) is 0 Å². The number of carbonyl (C=O) groups is 1. The Morgan fingerprint density at radius 2 is 1.62 bits per heavy atom. The number of halogens is 1. The van der Waals surface area contributed by atoms with E-state index in [1.165, 1.54) is 24.3 Å². The molecule has 0 bridgehead atoms. The Bertz CT molecular complexity index is 1100. The zero-order valence-corrected chi connectivity index (χ0v) is 16.9. The van der Waals surface area contributed by atoms with Crippen molar-refractivity contribution in [3.05, 3.63) is 82.9 Å². The van der Waals surface area contributed by atoms with Crippen molar-refractivity contribution in [2.75, 3.05) is 11.1 Å². The van der Waals surface area contributed by atoms with Crippen LogP contribution in [0.1, 0.15) is 15.9 Å². The van der Waals surface area contributed by atoms with Gasteiger partial charge in [-0.05, 0) is 37.3 Å². The molecule has 3 aromatic rings. The highest BCUT2D eigenvalue weighted by molar-refractivity contribution is 7.85. The number of hydrogen-bond donors (Lipinski definition) is 4. The molecule has 1 amide bonds. The second-order valence-corrected chi connectivity index (χ2v) is 7.83. The van der Waals surface area contributed by atoms with Crippen molar-refractivity contribution in [1.29, 1.82) is 0 Å². The number of hydrogen-bond acceptors (Lipinski definition) is 5. The summed E-state index contributed by atoms with van der Waals surface area (Å²) >= 11 is 5.83. The minimum Gasteiger partial charge on any atom is -0.506 e. The predicted octanol–water partition coefficient (Wildman–Crippen LogP) is 4.12. The van der Waals surface area contributed by atoms with Crippen molar-refractivity contribution in [2.45, 2.75) is 11.8 Å². The third kappa shape index (κ3) is 6.49. The van der Waals surface area contributed by atoms with Gasteiger partial charge in [-0.25, -0.2) is 0 Å². The third-order valence-electron chi connectivity index (χ3n) is 3.72. The Labute approximate surface area is 173 Å². The predicted molar refractivity (Wildman–Crippen MR) is 113 cm³/mol. The highest BCUT2D eigenvalue weighted by atomic mass is 35.5. The van der Waals surface area contributed by atoms with Gasteiger partial charge in [-0.1, -0.05) is 47.5 Å². The molecule has 0 unspecified atom stereocenters. The Hall–Kier alpha value is -3.07. The quantitative estimate of drug-likeness (QED) is 0.278. The molecule has 0 fully saturated rings. The second-order valence-electron chi connectivity index (χ2n) is 6.00. The van der Waals surface area contributed by atoms with Gasteiger partial charge in [0.15, 0.2) is 0 Å². The maximum Gasteiger partial charge on any atom is 0.294 e. The lowest BCUT2D eigenvalue weighted by atomic mass is 10.2. The normalized spacial score (nSPS) is 10.6. The summed E-state index contributed by atoms with van der Waals surface area (Å²) in [6.07, 6.45) is 0. The molecule has 3 aromatic carbocycles. The molecule has 152 valence electrons. The molecule has 0 radical (unpaired) electrons. The maximum atomic E-state index is 11.9. The molecular formula is C20H19ClN2O5S. The molecule has 5 N–H and O–H groups in total. The van der Waals surface area contributed by atoms with Crippen molar-refractivity contribution < 1.29 is 22.9 Å². The van der Waals surface area contributed by atoms with Crippen molar-refractivity contribution in [1.82, 2.24) is 0 Å². The van der Waals surface area contributed by atoms with Gasteiger partial charge in [0.05, 0.1) is 21.3 Å². The fraction of sp³-hybridized carbons (Fsp3) is 0.0500. The average Bonchev–Trinajstić information content (AvgIpc) is 2.67. The number of amides is 1. The Kier molecular flexibility index (Phi) is 7.22. The lowest BCUT2D eigenvalue weighted by molar-refractivity contribution is 0.102. The molecule has 7 nitrogen and oxygen atoms in total.